The number of fused-ring (bicyclic) bond motifs is 7. The smallest absolute Gasteiger partial charge is 0.119 e. The summed E-state index contributed by atoms with van der Waals surface area (Å²) in [5.41, 5.74) is 3.30. The molecular formula is C20H26O2. The highest BCUT2D eigenvalue weighted by molar-refractivity contribution is 5.41. The largest absolute Gasteiger partial charge is 0.497 e. The van der Waals surface area contributed by atoms with Crippen LogP contribution in [0.4, 0.5) is 0 Å². The van der Waals surface area contributed by atoms with Crippen LogP contribution in [0.15, 0.2) is 18.2 Å². The van der Waals surface area contributed by atoms with Crippen molar-refractivity contribution in [2.75, 3.05) is 7.11 Å². The van der Waals surface area contributed by atoms with Gasteiger partial charge in [-0.2, -0.15) is 0 Å². The third kappa shape index (κ3) is 1.55. The Hall–Kier alpha value is -1.02. The van der Waals surface area contributed by atoms with Crippen molar-refractivity contribution in [2.45, 2.75) is 51.0 Å². The molecule has 5 rings (SSSR count). The van der Waals surface area contributed by atoms with Crippen molar-refractivity contribution in [1.82, 2.24) is 0 Å². The van der Waals surface area contributed by atoms with Gasteiger partial charge in [0.1, 0.15) is 5.75 Å². The second-order valence-corrected chi connectivity index (χ2v) is 8.45. The van der Waals surface area contributed by atoms with Gasteiger partial charge < -0.3 is 9.84 Å². The Morgan fingerprint density at radius 1 is 1.18 bits per heavy atom. The number of aliphatic hydroxyl groups is 1. The molecule has 118 valence electrons. The highest BCUT2D eigenvalue weighted by atomic mass is 16.5. The van der Waals surface area contributed by atoms with Crippen molar-refractivity contribution < 1.29 is 9.84 Å². The Labute approximate surface area is 132 Å². The topological polar surface area (TPSA) is 29.5 Å². The van der Waals surface area contributed by atoms with Gasteiger partial charge in [-0.25, -0.2) is 0 Å². The Morgan fingerprint density at radius 3 is 2.86 bits per heavy atom. The van der Waals surface area contributed by atoms with Crippen LogP contribution < -0.4 is 4.74 Å². The molecule has 3 saturated carbocycles. The van der Waals surface area contributed by atoms with Crippen LogP contribution in [0, 0.1) is 29.1 Å². The van der Waals surface area contributed by atoms with Crippen molar-refractivity contribution in [2.24, 2.45) is 29.1 Å². The Balaban J connectivity index is 1.53. The molecule has 2 nitrogen and oxygen atoms in total. The summed E-state index contributed by atoms with van der Waals surface area (Å²) >= 11 is 0. The van der Waals surface area contributed by atoms with Gasteiger partial charge in [-0.1, -0.05) is 13.0 Å². The molecule has 4 aliphatic rings. The van der Waals surface area contributed by atoms with E-state index in [0.717, 1.165) is 29.4 Å². The molecule has 3 fully saturated rings. The van der Waals surface area contributed by atoms with Crippen molar-refractivity contribution in [3.63, 3.8) is 0 Å². The van der Waals surface area contributed by atoms with E-state index < -0.39 is 0 Å². The zero-order chi connectivity index (χ0) is 15.1. The third-order valence-corrected chi connectivity index (χ3v) is 7.66. The van der Waals surface area contributed by atoms with E-state index in [1.807, 2.05) is 0 Å². The molecule has 0 spiro atoms. The van der Waals surface area contributed by atoms with Gasteiger partial charge in [0.2, 0.25) is 0 Å². The zero-order valence-corrected chi connectivity index (χ0v) is 13.6. The monoisotopic (exact) mass is 298 g/mol. The average molecular weight is 298 g/mol. The van der Waals surface area contributed by atoms with Gasteiger partial charge in [0.25, 0.3) is 0 Å². The maximum atomic E-state index is 10.7. The number of aryl methyl sites for hydroxylation is 1. The number of aliphatic hydroxyl groups excluding tert-OH is 1. The molecule has 1 N–H and O–H groups in total. The molecule has 0 radical (unpaired) electrons. The summed E-state index contributed by atoms with van der Waals surface area (Å²) in [6, 6.07) is 6.71. The van der Waals surface area contributed by atoms with E-state index in [0.29, 0.717) is 5.92 Å². The van der Waals surface area contributed by atoms with Crippen molar-refractivity contribution in [3.8, 4) is 5.75 Å². The molecule has 0 saturated heterocycles. The van der Waals surface area contributed by atoms with Crippen LogP contribution in [-0.2, 0) is 6.42 Å². The lowest BCUT2D eigenvalue weighted by Gasteiger charge is -2.51. The summed E-state index contributed by atoms with van der Waals surface area (Å²) in [6.45, 7) is 2.38. The van der Waals surface area contributed by atoms with Crippen LogP contribution in [0.5, 0.6) is 5.75 Å². The van der Waals surface area contributed by atoms with Crippen LogP contribution in [0.25, 0.3) is 0 Å². The van der Waals surface area contributed by atoms with Crippen molar-refractivity contribution in [3.05, 3.63) is 29.3 Å². The summed E-state index contributed by atoms with van der Waals surface area (Å²) in [6.07, 6.45) is 6.22. The van der Waals surface area contributed by atoms with Gasteiger partial charge in [-0.3, -0.25) is 0 Å². The molecule has 5 unspecified atom stereocenters. The van der Waals surface area contributed by atoms with E-state index in [1.54, 1.807) is 12.7 Å². The van der Waals surface area contributed by atoms with Gasteiger partial charge in [0.15, 0.2) is 0 Å². The molecule has 0 bridgehead atoms. The Morgan fingerprint density at radius 2 is 2.05 bits per heavy atom. The molecule has 22 heavy (non-hydrogen) atoms. The van der Waals surface area contributed by atoms with Crippen LogP contribution >= 0.6 is 0 Å². The minimum Gasteiger partial charge on any atom is -0.497 e. The summed E-state index contributed by atoms with van der Waals surface area (Å²) in [5.74, 6) is 4.74. The van der Waals surface area contributed by atoms with E-state index in [1.165, 1.54) is 37.7 Å². The van der Waals surface area contributed by atoms with E-state index in [9.17, 15) is 5.11 Å². The van der Waals surface area contributed by atoms with Gasteiger partial charge in [0, 0.05) is 0 Å². The number of rotatable bonds is 1. The molecule has 4 aliphatic carbocycles. The first-order valence-electron chi connectivity index (χ1n) is 8.98. The SMILES string of the molecule is COc1ccc2c(c1)CCC1C2CCC2(C)C1[C@H]1CC1[C@H]2O. The molecule has 0 aromatic heterocycles. The van der Waals surface area contributed by atoms with Gasteiger partial charge in [-0.05, 0) is 90.4 Å². The predicted octanol–water partition coefficient (Wildman–Crippen LogP) is 3.77. The maximum Gasteiger partial charge on any atom is 0.119 e. The fourth-order valence-electron chi connectivity index (χ4n) is 6.62. The standard InChI is InChI=1S/C20H26O2/c1-20-8-7-14-13-6-4-12(22-2)9-11(13)3-5-15(14)18(20)16-10-17(16)19(20)21/h4,6,9,14-19,21H,3,5,7-8,10H2,1-2H3/t14?,15?,16-,17?,18?,19+,20?/m0/s1. The van der Waals surface area contributed by atoms with Crippen LogP contribution in [0.2, 0.25) is 0 Å². The lowest BCUT2D eigenvalue weighted by atomic mass is 9.54. The van der Waals surface area contributed by atoms with E-state index in [4.69, 9.17) is 4.74 Å². The summed E-state index contributed by atoms with van der Waals surface area (Å²) < 4.78 is 5.41. The first-order valence-corrected chi connectivity index (χ1v) is 8.98. The lowest BCUT2D eigenvalue weighted by molar-refractivity contribution is -0.0464. The van der Waals surface area contributed by atoms with Crippen LogP contribution in [-0.4, -0.2) is 18.3 Å². The normalized spacial score (nSPS) is 48.0. The molecule has 1 aromatic carbocycles. The highest BCUT2D eigenvalue weighted by Crippen LogP contribution is 2.71. The minimum atomic E-state index is -0.0271. The highest BCUT2D eigenvalue weighted by Gasteiger charge is 2.68. The lowest BCUT2D eigenvalue weighted by Crippen LogP contribution is -2.46. The molecule has 2 heteroatoms. The Kier molecular flexibility index (Phi) is 2.61. The summed E-state index contributed by atoms with van der Waals surface area (Å²) in [5, 5.41) is 10.7. The number of hydrogen-bond donors (Lipinski definition) is 1. The summed E-state index contributed by atoms with van der Waals surface area (Å²) in [7, 11) is 1.76. The van der Waals surface area contributed by atoms with E-state index in [-0.39, 0.29) is 11.5 Å². The van der Waals surface area contributed by atoms with Gasteiger partial charge in [0.05, 0.1) is 13.2 Å². The molecular weight excluding hydrogens is 272 g/mol. The fraction of sp³-hybridized carbons (Fsp3) is 0.700. The number of benzene rings is 1. The molecule has 0 aliphatic heterocycles. The van der Waals surface area contributed by atoms with Gasteiger partial charge >= 0.3 is 0 Å². The summed E-state index contributed by atoms with van der Waals surface area (Å²) in [4.78, 5) is 0. The van der Waals surface area contributed by atoms with E-state index >= 15 is 0 Å². The molecule has 7 atom stereocenters. The number of methoxy groups -OCH3 is 1. The second kappa shape index (κ2) is 4.29. The first-order chi connectivity index (χ1) is 10.6. The van der Waals surface area contributed by atoms with E-state index in [2.05, 4.69) is 25.1 Å². The van der Waals surface area contributed by atoms with Gasteiger partial charge in [-0.15, -0.1) is 0 Å². The Bertz CT molecular complexity index is 624. The fourth-order valence-corrected chi connectivity index (χ4v) is 6.62. The minimum absolute atomic E-state index is 0.0271. The number of hydrogen-bond acceptors (Lipinski definition) is 2. The zero-order valence-electron chi connectivity index (χ0n) is 13.6. The average Bonchev–Trinajstić information content (AvgIpc) is 3.28. The number of ether oxygens (including phenoxy) is 1. The third-order valence-electron chi connectivity index (χ3n) is 7.66. The molecule has 1 aromatic rings. The van der Waals surface area contributed by atoms with Crippen LogP contribution in [0.1, 0.15) is 49.7 Å². The predicted molar refractivity (Wildman–Crippen MR) is 86.0 cm³/mol. The maximum absolute atomic E-state index is 10.7. The quantitative estimate of drug-likeness (QED) is 0.855. The van der Waals surface area contributed by atoms with Crippen LogP contribution in [0.3, 0.4) is 0 Å². The molecule has 0 amide bonds. The second-order valence-electron chi connectivity index (χ2n) is 8.45. The van der Waals surface area contributed by atoms with Crippen molar-refractivity contribution in [1.29, 1.82) is 0 Å². The van der Waals surface area contributed by atoms with Crippen molar-refractivity contribution >= 4 is 0 Å². The first kappa shape index (κ1) is 13.4. The molecule has 0 heterocycles.